The molecule has 1 heterocycles. The van der Waals surface area contributed by atoms with Gasteiger partial charge in [0, 0.05) is 22.2 Å². The molecule has 0 aliphatic carbocycles. The fourth-order valence-electron chi connectivity index (χ4n) is 1.89. The van der Waals surface area contributed by atoms with Crippen LogP contribution in [-0.4, -0.2) is 25.1 Å². The normalized spacial score (nSPS) is 10.5. The lowest BCUT2D eigenvalue weighted by Crippen LogP contribution is -2.00. The molecule has 7 nitrogen and oxygen atoms in total. The number of aromatic nitrogens is 4. The number of tetrazole rings is 1. The zero-order valence-electron chi connectivity index (χ0n) is 10.5. The van der Waals surface area contributed by atoms with E-state index in [1.807, 2.05) is 24.3 Å². The molecule has 0 aliphatic rings. The van der Waals surface area contributed by atoms with Crippen LogP contribution >= 0.6 is 15.9 Å². The molecular formula is C13H8BrN5O2. The Hall–Kier alpha value is -2.61. The zero-order valence-corrected chi connectivity index (χ0v) is 12.1. The molecule has 0 fully saturated rings. The van der Waals surface area contributed by atoms with Crippen LogP contribution in [0.4, 0.5) is 5.69 Å². The summed E-state index contributed by atoms with van der Waals surface area (Å²) in [5.41, 5.74) is 1.51. The molecule has 0 spiro atoms. The van der Waals surface area contributed by atoms with E-state index in [0.29, 0.717) is 11.5 Å². The second-order valence-corrected chi connectivity index (χ2v) is 5.02. The Kier molecular flexibility index (Phi) is 3.44. The van der Waals surface area contributed by atoms with Crippen molar-refractivity contribution in [1.82, 2.24) is 20.2 Å². The summed E-state index contributed by atoms with van der Waals surface area (Å²) in [4.78, 5) is 10.2. The number of hydrogen-bond acceptors (Lipinski definition) is 5. The SMILES string of the molecule is O=[N+]([O-])c1ccc(-n2nnnc2-c2ccccc2Br)cc1. The molecule has 8 heteroatoms. The molecule has 0 atom stereocenters. The number of halogens is 1. The summed E-state index contributed by atoms with van der Waals surface area (Å²) in [6.07, 6.45) is 0. The van der Waals surface area contributed by atoms with Gasteiger partial charge in [-0.15, -0.1) is 5.10 Å². The molecule has 0 amide bonds. The van der Waals surface area contributed by atoms with E-state index >= 15 is 0 Å². The van der Waals surface area contributed by atoms with E-state index in [1.54, 1.807) is 12.1 Å². The molecular weight excluding hydrogens is 338 g/mol. The first-order chi connectivity index (χ1) is 10.2. The second kappa shape index (κ2) is 5.41. The Bertz CT molecular complexity index is 800. The molecule has 0 saturated heterocycles. The van der Waals surface area contributed by atoms with Crippen molar-refractivity contribution in [2.75, 3.05) is 0 Å². The monoisotopic (exact) mass is 345 g/mol. The summed E-state index contributed by atoms with van der Waals surface area (Å²) in [6.45, 7) is 0. The van der Waals surface area contributed by atoms with Gasteiger partial charge in [-0.3, -0.25) is 10.1 Å². The van der Waals surface area contributed by atoms with Crippen molar-refractivity contribution >= 4 is 21.6 Å². The van der Waals surface area contributed by atoms with Crippen LogP contribution in [0.5, 0.6) is 0 Å². The minimum Gasteiger partial charge on any atom is -0.258 e. The van der Waals surface area contributed by atoms with Gasteiger partial charge in [0.1, 0.15) is 0 Å². The highest BCUT2D eigenvalue weighted by molar-refractivity contribution is 9.10. The van der Waals surface area contributed by atoms with Gasteiger partial charge < -0.3 is 0 Å². The molecule has 3 rings (SSSR count). The largest absolute Gasteiger partial charge is 0.269 e. The van der Waals surface area contributed by atoms with Crippen LogP contribution in [0.25, 0.3) is 17.1 Å². The highest BCUT2D eigenvalue weighted by atomic mass is 79.9. The summed E-state index contributed by atoms with van der Waals surface area (Å²) in [5.74, 6) is 0.552. The van der Waals surface area contributed by atoms with Crippen LogP contribution < -0.4 is 0 Å². The molecule has 3 aromatic rings. The molecule has 2 aromatic carbocycles. The molecule has 0 aliphatic heterocycles. The second-order valence-electron chi connectivity index (χ2n) is 4.17. The standard InChI is InChI=1S/C13H8BrN5O2/c14-12-4-2-1-3-11(12)13-15-16-17-18(13)9-5-7-10(8-6-9)19(20)21/h1-8H. The van der Waals surface area contributed by atoms with Gasteiger partial charge in [0.15, 0.2) is 5.82 Å². The van der Waals surface area contributed by atoms with Gasteiger partial charge in [-0.1, -0.05) is 28.1 Å². The molecule has 0 unspecified atom stereocenters. The lowest BCUT2D eigenvalue weighted by molar-refractivity contribution is -0.384. The Morgan fingerprint density at radius 2 is 1.81 bits per heavy atom. The van der Waals surface area contributed by atoms with Crippen LogP contribution in [0.3, 0.4) is 0 Å². The summed E-state index contributed by atoms with van der Waals surface area (Å²) < 4.78 is 2.40. The third-order valence-corrected chi connectivity index (χ3v) is 3.58. The summed E-state index contributed by atoms with van der Waals surface area (Å²) in [5, 5.41) is 22.3. The maximum Gasteiger partial charge on any atom is 0.269 e. The van der Waals surface area contributed by atoms with Gasteiger partial charge in [0.05, 0.1) is 10.6 Å². The first kappa shape index (κ1) is 13.4. The van der Waals surface area contributed by atoms with Gasteiger partial charge in [0.2, 0.25) is 0 Å². The van der Waals surface area contributed by atoms with Crippen molar-refractivity contribution in [3.05, 3.63) is 63.1 Å². The Morgan fingerprint density at radius 1 is 1.10 bits per heavy atom. The number of nitro benzene ring substituents is 1. The molecule has 0 bridgehead atoms. The fourth-order valence-corrected chi connectivity index (χ4v) is 2.35. The first-order valence-corrected chi connectivity index (χ1v) is 6.74. The third kappa shape index (κ3) is 2.52. The number of non-ortho nitro benzene ring substituents is 1. The molecule has 21 heavy (non-hydrogen) atoms. The third-order valence-electron chi connectivity index (χ3n) is 2.89. The lowest BCUT2D eigenvalue weighted by atomic mass is 10.2. The summed E-state index contributed by atoms with van der Waals surface area (Å²) in [6, 6.07) is 13.6. The van der Waals surface area contributed by atoms with Crippen LogP contribution in [0.15, 0.2) is 53.0 Å². The van der Waals surface area contributed by atoms with E-state index in [0.717, 1.165) is 10.0 Å². The predicted octanol–water partition coefficient (Wildman–Crippen LogP) is 3.00. The van der Waals surface area contributed by atoms with E-state index in [-0.39, 0.29) is 5.69 Å². The Morgan fingerprint density at radius 3 is 2.48 bits per heavy atom. The van der Waals surface area contributed by atoms with E-state index in [2.05, 4.69) is 31.5 Å². The minimum absolute atomic E-state index is 0.0225. The molecule has 0 radical (unpaired) electrons. The first-order valence-electron chi connectivity index (χ1n) is 5.95. The number of hydrogen-bond donors (Lipinski definition) is 0. The quantitative estimate of drug-likeness (QED) is 0.537. The van der Waals surface area contributed by atoms with E-state index in [4.69, 9.17) is 0 Å². The smallest absolute Gasteiger partial charge is 0.258 e. The number of nitro groups is 1. The van der Waals surface area contributed by atoms with Crippen molar-refractivity contribution in [1.29, 1.82) is 0 Å². The van der Waals surface area contributed by atoms with E-state index in [1.165, 1.54) is 16.8 Å². The fraction of sp³-hybridized carbons (Fsp3) is 0. The Labute approximate surface area is 127 Å². The maximum atomic E-state index is 10.7. The average molecular weight is 346 g/mol. The molecule has 104 valence electrons. The van der Waals surface area contributed by atoms with Crippen molar-refractivity contribution < 1.29 is 4.92 Å². The van der Waals surface area contributed by atoms with Crippen molar-refractivity contribution in [2.45, 2.75) is 0 Å². The highest BCUT2D eigenvalue weighted by Gasteiger charge is 2.14. The van der Waals surface area contributed by atoms with E-state index in [9.17, 15) is 10.1 Å². The predicted molar refractivity (Wildman–Crippen MR) is 78.9 cm³/mol. The van der Waals surface area contributed by atoms with Crippen LogP contribution in [-0.2, 0) is 0 Å². The van der Waals surface area contributed by atoms with Crippen molar-refractivity contribution in [3.8, 4) is 17.1 Å². The summed E-state index contributed by atoms with van der Waals surface area (Å²) in [7, 11) is 0. The average Bonchev–Trinajstić information content (AvgIpc) is 2.97. The van der Waals surface area contributed by atoms with Crippen molar-refractivity contribution in [2.24, 2.45) is 0 Å². The van der Waals surface area contributed by atoms with E-state index < -0.39 is 4.92 Å². The van der Waals surface area contributed by atoms with Crippen molar-refractivity contribution in [3.63, 3.8) is 0 Å². The molecule has 0 saturated carbocycles. The summed E-state index contributed by atoms with van der Waals surface area (Å²) >= 11 is 3.46. The van der Waals surface area contributed by atoms with Gasteiger partial charge in [-0.25, -0.2) is 0 Å². The van der Waals surface area contributed by atoms with Gasteiger partial charge in [0.25, 0.3) is 5.69 Å². The molecule has 1 aromatic heterocycles. The topological polar surface area (TPSA) is 86.7 Å². The van der Waals surface area contributed by atoms with Crippen LogP contribution in [0.1, 0.15) is 0 Å². The molecule has 0 N–H and O–H groups in total. The number of rotatable bonds is 3. The van der Waals surface area contributed by atoms with Crippen LogP contribution in [0.2, 0.25) is 0 Å². The van der Waals surface area contributed by atoms with Gasteiger partial charge in [-0.05, 0) is 34.7 Å². The Balaban J connectivity index is 2.07. The number of benzene rings is 2. The zero-order chi connectivity index (χ0) is 14.8. The minimum atomic E-state index is -0.446. The lowest BCUT2D eigenvalue weighted by Gasteiger charge is -2.05. The number of nitrogens with zero attached hydrogens (tertiary/aromatic N) is 5. The van der Waals surface area contributed by atoms with Gasteiger partial charge >= 0.3 is 0 Å². The maximum absolute atomic E-state index is 10.7. The van der Waals surface area contributed by atoms with Crippen LogP contribution in [0, 0.1) is 10.1 Å². The van der Waals surface area contributed by atoms with Gasteiger partial charge in [-0.2, -0.15) is 4.68 Å². The highest BCUT2D eigenvalue weighted by Crippen LogP contribution is 2.27.